The minimum absolute atomic E-state index is 0.280. The second-order valence-corrected chi connectivity index (χ2v) is 4.87. The fourth-order valence-electron chi connectivity index (χ4n) is 1.83. The molecule has 1 fully saturated rings. The molecule has 3 rings (SSSR count). The first-order chi connectivity index (χ1) is 7.66. The lowest BCUT2D eigenvalue weighted by molar-refractivity contribution is 0.636. The van der Waals surface area contributed by atoms with Crippen LogP contribution in [0, 0.1) is 5.82 Å². The molecular formula is C12H8Cl2FN. The Bertz CT molecular complexity index is 579. The molecule has 82 valence electrons. The van der Waals surface area contributed by atoms with Gasteiger partial charge in [-0.2, -0.15) is 0 Å². The second-order valence-electron chi connectivity index (χ2n) is 4.06. The number of nitrogens with zero attached hydrogens (tertiary/aromatic N) is 1. The van der Waals surface area contributed by atoms with Crippen LogP contribution in [-0.2, 0) is 0 Å². The van der Waals surface area contributed by atoms with Crippen LogP contribution in [0.25, 0.3) is 10.9 Å². The standard InChI is InChI=1S/C12H8Cl2FN/c13-7-3-4-9(15)12-11(7)8(14)5-10(16-12)6-1-2-6/h3-6H,1-2H2. The van der Waals surface area contributed by atoms with Crippen molar-refractivity contribution < 1.29 is 4.39 Å². The number of halogens is 3. The number of aromatic nitrogens is 1. The maximum Gasteiger partial charge on any atom is 0.149 e. The summed E-state index contributed by atoms with van der Waals surface area (Å²) in [4.78, 5) is 4.31. The molecule has 1 aliphatic carbocycles. The maximum atomic E-state index is 13.6. The van der Waals surface area contributed by atoms with E-state index in [2.05, 4.69) is 4.98 Å². The number of pyridine rings is 1. The van der Waals surface area contributed by atoms with Gasteiger partial charge in [0.25, 0.3) is 0 Å². The minimum atomic E-state index is -0.371. The van der Waals surface area contributed by atoms with E-state index in [4.69, 9.17) is 23.2 Å². The van der Waals surface area contributed by atoms with Crippen molar-refractivity contribution >= 4 is 34.1 Å². The highest BCUT2D eigenvalue weighted by atomic mass is 35.5. The van der Waals surface area contributed by atoms with E-state index in [9.17, 15) is 4.39 Å². The van der Waals surface area contributed by atoms with Gasteiger partial charge in [0, 0.05) is 17.0 Å². The van der Waals surface area contributed by atoms with Gasteiger partial charge in [0.15, 0.2) is 0 Å². The van der Waals surface area contributed by atoms with Gasteiger partial charge in [0.05, 0.1) is 10.0 Å². The normalized spacial score (nSPS) is 15.7. The van der Waals surface area contributed by atoms with Gasteiger partial charge in [0.1, 0.15) is 11.3 Å². The van der Waals surface area contributed by atoms with Gasteiger partial charge in [-0.25, -0.2) is 9.37 Å². The summed E-state index contributed by atoms with van der Waals surface area (Å²) >= 11 is 12.1. The van der Waals surface area contributed by atoms with E-state index < -0.39 is 0 Å². The predicted octanol–water partition coefficient (Wildman–Crippen LogP) is 4.56. The van der Waals surface area contributed by atoms with E-state index in [1.165, 1.54) is 12.1 Å². The zero-order chi connectivity index (χ0) is 11.3. The van der Waals surface area contributed by atoms with Crippen molar-refractivity contribution in [3.63, 3.8) is 0 Å². The minimum Gasteiger partial charge on any atom is -0.249 e. The third-order valence-corrected chi connectivity index (χ3v) is 3.44. The molecule has 4 heteroatoms. The molecule has 1 nitrogen and oxygen atoms in total. The molecule has 0 N–H and O–H groups in total. The summed E-state index contributed by atoms with van der Waals surface area (Å²) in [5.41, 5.74) is 1.15. The maximum absolute atomic E-state index is 13.6. The highest BCUT2D eigenvalue weighted by Gasteiger charge is 2.26. The fourth-order valence-corrected chi connectivity index (χ4v) is 2.43. The Morgan fingerprint density at radius 2 is 1.94 bits per heavy atom. The van der Waals surface area contributed by atoms with Crippen LogP contribution in [0.5, 0.6) is 0 Å². The molecule has 0 aliphatic heterocycles. The zero-order valence-electron chi connectivity index (χ0n) is 8.30. The highest BCUT2D eigenvalue weighted by molar-refractivity contribution is 6.42. The van der Waals surface area contributed by atoms with Gasteiger partial charge in [-0.1, -0.05) is 23.2 Å². The molecule has 0 spiro atoms. The molecule has 0 unspecified atom stereocenters. The molecule has 0 bridgehead atoms. The molecule has 1 aromatic carbocycles. The monoisotopic (exact) mass is 255 g/mol. The van der Waals surface area contributed by atoms with Crippen molar-refractivity contribution in [2.75, 3.05) is 0 Å². The first-order valence-corrected chi connectivity index (χ1v) is 5.86. The fraction of sp³-hybridized carbons (Fsp3) is 0.250. The van der Waals surface area contributed by atoms with Crippen LogP contribution in [0.15, 0.2) is 18.2 Å². The summed E-state index contributed by atoms with van der Waals surface area (Å²) in [6.07, 6.45) is 2.22. The lowest BCUT2D eigenvalue weighted by Gasteiger charge is -2.06. The van der Waals surface area contributed by atoms with Crippen LogP contribution in [0.1, 0.15) is 24.5 Å². The van der Waals surface area contributed by atoms with Gasteiger partial charge < -0.3 is 0 Å². The van der Waals surface area contributed by atoms with Crippen molar-refractivity contribution in [3.8, 4) is 0 Å². The number of hydrogen-bond donors (Lipinski definition) is 0. The van der Waals surface area contributed by atoms with E-state index in [0.29, 0.717) is 21.3 Å². The number of hydrogen-bond acceptors (Lipinski definition) is 1. The smallest absolute Gasteiger partial charge is 0.149 e. The number of fused-ring (bicyclic) bond motifs is 1. The molecular weight excluding hydrogens is 248 g/mol. The van der Waals surface area contributed by atoms with Gasteiger partial charge >= 0.3 is 0 Å². The average molecular weight is 256 g/mol. The molecule has 1 heterocycles. The van der Waals surface area contributed by atoms with Crippen molar-refractivity contribution in [2.24, 2.45) is 0 Å². The molecule has 0 radical (unpaired) electrons. The first kappa shape index (κ1) is 10.3. The third kappa shape index (κ3) is 1.57. The summed E-state index contributed by atoms with van der Waals surface area (Å²) in [5.74, 6) is 0.0732. The Kier molecular flexibility index (Phi) is 2.30. The van der Waals surface area contributed by atoms with Crippen LogP contribution in [0.3, 0.4) is 0 Å². The number of rotatable bonds is 1. The molecule has 1 aliphatic rings. The quantitative estimate of drug-likeness (QED) is 0.728. The van der Waals surface area contributed by atoms with Crippen molar-refractivity contribution in [1.82, 2.24) is 4.98 Å². The van der Waals surface area contributed by atoms with Crippen LogP contribution in [0.4, 0.5) is 4.39 Å². The van der Waals surface area contributed by atoms with Crippen LogP contribution < -0.4 is 0 Å². The first-order valence-electron chi connectivity index (χ1n) is 5.11. The Hall–Kier alpha value is -0.860. The van der Waals surface area contributed by atoms with E-state index in [1.54, 1.807) is 6.07 Å². The molecule has 0 saturated heterocycles. The molecule has 0 amide bonds. The van der Waals surface area contributed by atoms with E-state index in [1.807, 2.05) is 0 Å². The van der Waals surface area contributed by atoms with E-state index >= 15 is 0 Å². The average Bonchev–Trinajstić information content (AvgIpc) is 3.06. The van der Waals surface area contributed by atoms with Crippen LogP contribution >= 0.6 is 23.2 Å². The van der Waals surface area contributed by atoms with Crippen molar-refractivity contribution in [3.05, 3.63) is 39.8 Å². The highest BCUT2D eigenvalue weighted by Crippen LogP contribution is 2.42. The lowest BCUT2D eigenvalue weighted by Crippen LogP contribution is -1.92. The van der Waals surface area contributed by atoms with Crippen molar-refractivity contribution in [2.45, 2.75) is 18.8 Å². The van der Waals surface area contributed by atoms with Gasteiger partial charge in [0.2, 0.25) is 0 Å². The summed E-state index contributed by atoms with van der Waals surface area (Å²) in [5, 5.41) is 1.43. The third-order valence-electron chi connectivity index (χ3n) is 2.83. The van der Waals surface area contributed by atoms with Crippen LogP contribution in [0.2, 0.25) is 10.0 Å². The molecule has 16 heavy (non-hydrogen) atoms. The zero-order valence-corrected chi connectivity index (χ0v) is 9.82. The van der Waals surface area contributed by atoms with Crippen LogP contribution in [-0.4, -0.2) is 4.98 Å². The van der Waals surface area contributed by atoms with E-state index in [-0.39, 0.29) is 11.3 Å². The Labute approximate surface area is 102 Å². The Morgan fingerprint density at radius 3 is 2.62 bits per heavy atom. The lowest BCUT2D eigenvalue weighted by atomic mass is 10.1. The largest absolute Gasteiger partial charge is 0.249 e. The summed E-state index contributed by atoms with van der Waals surface area (Å²) in [6.45, 7) is 0. The second kappa shape index (κ2) is 3.57. The summed E-state index contributed by atoms with van der Waals surface area (Å²) < 4.78 is 13.6. The van der Waals surface area contributed by atoms with Gasteiger partial charge in [-0.3, -0.25) is 0 Å². The topological polar surface area (TPSA) is 12.9 Å². The summed E-state index contributed by atoms with van der Waals surface area (Å²) in [6, 6.07) is 4.63. The SMILES string of the molecule is Fc1ccc(Cl)c2c(Cl)cc(C3CC3)nc12. The molecule has 2 aromatic rings. The molecule has 1 saturated carbocycles. The molecule has 1 aromatic heterocycles. The van der Waals surface area contributed by atoms with E-state index in [0.717, 1.165) is 18.5 Å². The van der Waals surface area contributed by atoms with Gasteiger partial charge in [-0.15, -0.1) is 0 Å². The Morgan fingerprint density at radius 1 is 1.19 bits per heavy atom. The molecule has 0 atom stereocenters. The summed E-state index contributed by atoms with van der Waals surface area (Å²) in [7, 11) is 0. The Balaban J connectivity index is 2.36. The van der Waals surface area contributed by atoms with Crippen molar-refractivity contribution in [1.29, 1.82) is 0 Å². The predicted molar refractivity (Wildman–Crippen MR) is 63.7 cm³/mol. The van der Waals surface area contributed by atoms with Gasteiger partial charge in [-0.05, 0) is 31.0 Å². The number of benzene rings is 1.